The number of aromatic amines is 1. The van der Waals surface area contributed by atoms with Crippen LogP contribution in [0.2, 0.25) is 0 Å². The topological polar surface area (TPSA) is 75.4 Å². The summed E-state index contributed by atoms with van der Waals surface area (Å²) in [5.74, 6) is 0.977. The Labute approximate surface area is 149 Å². The summed E-state index contributed by atoms with van der Waals surface area (Å²) in [7, 11) is 1.49. The second kappa shape index (κ2) is 6.65. The van der Waals surface area contributed by atoms with Crippen molar-refractivity contribution in [2.45, 2.75) is 0 Å². The molecule has 9 heteroatoms. The molecule has 0 atom stereocenters. The number of benzene rings is 1. The van der Waals surface area contributed by atoms with Crippen LogP contribution >= 0.6 is 39.5 Å². The molecule has 0 aliphatic carbocycles. The molecule has 6 nitrogen and oxygen atoms in total. The maximum atomic E-state index is 10.2. The molecule has 0 bridgehead atoms. The summed E-state index contributed by atoms with van der Waals surface area (Å²) >= 11 is 10.1. The first-order valence-corrected chi connectivity index (χ1v) is 8.50. The van der Waals surface area contributed by atoms with E-state index in [1.807, 2.05) is 17.5 Å². The van der Waals surface area contributed by atoms with E-state index in [1.54, 1.807) is 12.1 Å². The molecule has 2 aromatic heterocycles. The van der Waals surface area contributed by atoms with Crippen molar-refractivity contribution in [2.75, 3.05) is 7.11 Å². The third kappa shape index (κ3) is 3.21. The van der Waals surface area contributed by atoms with Gasteiger partial charge in [0.1, 0.15) is 0 Å². The van der Waals surface area contributed by atoms with Gasteiger partial charge >= 0.3 is 0 Å². The Morgan fingerprint density at radius 2 is 2.35 bits per heavy atom. The average molecular weight is 411 g/mol. The van der Waals surface area contributed by atoms with E-state index in [2.05, 4.69) is 31.2 Å². The molecule has 2 heterocycles. The highest BCUT2D eigenvalue weighted by Crippen LogP contribution is 2.32. The van der Waals surface area contributed by atoms with E-state index in [0.29, 0.717) is 21.9 Å². The molecule has 3 rings (SSSR count). The lowest BCUT2D eigenvalue weighted by Gasteiger charge is -2.06. The zero-order valence-electron chi connectivity index (χ0n) is 11.9. The summed E-state index contributed by atoms with van der Waals surface area (Å²) in [5, 5.41) is 23.4. The van der Waals surface area contributed by atoms with Crippen LogP contribution in [0.4, 0.5) is 0 Å². The molecule has 0 saturated carbocycles. The molecule has 0 aliphatic heterocycles. The number of rotatable bonds is 4. The third-order valence-corrected chi connectivity index (χ3v) is 4.58. The van der Waals surface area contributed by atoms with Crippen molar-refractivity contribution in [3.8, 4) is 22.2 Å². The number of methoxy groups -OCH3 is 1. The van der Waals surface area contributed by atoms with Crippen LogP contribution in [0.5, 0.6) is 11.5 Å². The van der Waals surface area contributed by atoms with Crippen LogP contribution in [0.25, 0.3) is 10.7 Å². The smallest absolute Gasteiger partial charge is 0.216 e. The highest BCUT2D eigenvalue weighted by molar-refractivity contribution is 9.10. The van der Waals surface area contributed by atoms with Crippen molar-refractivity contribution in [2.24, 2.45) is 5.10 Å². The predicted octanol–water partition coefficient (Wildman–Crippen LogP) is 4.03. The molecule has 118 valence electrons. The van der Waals surface area contributed by atoms with Gasteiger partial charge in [0.25, 0.3) is 0 Å². The van der Waals surface area contributed by atoms with Crippen LogP contribution in [-0.4, -0.2) is 33.3 Å². The third-order valence-electron chi connectivity index (χ3n) is 2.99. The van der Waals surface area contributed by atoms with Gasteiger partial charge in [-0.1, -0.05) is 22.0 Å². The quantitative estimate of drug-likeness (QED) is 0.502. The Morgan fingerprint density at radius 1 is 1.52 bits per heavy atom. The second-order valence-electron chi connectivity index (χ2n) is 4.43. The number of phenols is 1. The summed E-state index contributed by atoms with van der Waals surface area (Å²) in [6.45, 7) is 0. The van der Waals surface area contributed by atoms with E-state index >= 15 is 0 Å². The molecule has 0 fully saturated rings. The minimum Gasteiger partial charge on any atom is -0.504 e. The predicted molar refractivity (Wildman–Crippen MR) is 96.1 cm³/mol. The van der Waals surface area contributed by atoms with Crippen LogP contribution in [0.1, 0.15) is 5.56 Å². The van der Waals surface area contributed by atoms with Gasteiger partial charge in [-0.05, 0) is 35.8 Å². The Kier molecular flexibility index (Phi) is 4.60. The molecular formula is C14H11BrN4O2S2. The van der Waals surface area contributed by atoms with Crippen molar-refractivity contribution in [3.05, 3.63) is 44.5 Å². The molecule has 0 amide bonds. The van der Waals surface area contributed by atoms with Gasteiger partial charge in [-0.25, -0.2) is 5.10 Å². The van der Waals surface area contributed by atoms with Crippen molar-refractivity contribution < 1.29 is 9.84 Å². The van der Waals surface area contributed by atoms with Crippen molar-refractivity contribution >= 4 is 45.7 Å². The van der Waals surface area contributed by atoms with Gasteiger partial charge in [-0.15, -0.1) is 11.3 Å². The first-order chi connectivity index (χ1) is 11.1. The van der Waals surface area contributed by atoms with Crippen LogP contribution in [0.3, 0.4) is 0 Å². The summed E-state index contributed by atoms with van der Waals surface area (Å²) in [5.41, 5.74) is 0.497. The standard InChI is InChI=1S/C14H11BrN4O2S2/c1-21-10-6-9(15)5-8(12(10)20)7-16-19-13(17-18-14(19)22)11-3-2-4-23-11/h2-7,20H,1H3,(H,18,22)/b16-7-. The van der Waals surface area contributed by atoms with E-state index in [9.17, 15) is 5.11 Å². The van der Waals surface area contributed by atoms with Crippen LogP contribution < -0.4 is 4.74 Å². The maximum absolute atomic E-state index is 10.2. The van der Waals surface area contributed by atoms with Gasteiger partial charge in [0.2, 0.25) is 4.77 Å². The average Bonchev–Trinajstić information content (AvgIpc) is 3.17. The summed E-state index contributed by atoms with van der Waals surface area (Å²) < 4.78 is 7.77. The van der Waals surface area contributed by atoms with E-state index < -0.39 is 0 Å². The molecule has 3 aromatic rings. The molecule has 2 N–H and O–H groups in total. The molecule has 0 unspecified atom stereocenters. The van der Waals surface area contributed by atoms with Crippen LogP contribution in [0, 0.1) is 4.77 Å². The molecule has 0 saturated heterocycles. The first-order valence-electron chi connectivity index (χ1n) is 6.42. The number of thiophene rings is 1. The minimum atomic E-state index is 0.00661. The fraction of sp³-hybridized carbons (Fsp3) is 0.0714. The number of ether oxygens (including phenoxy) is 1. The number of hydrogen-bond donors (Lipinski definition) is 2. The monoisotopic (exact) mass is 410 g/mol. The molecule has 0 aliphatic rings. The van der Waals surface area contributed by atoms with Gasteiger partial charge in [-0.2, -0.15) is 14.9 Å². The Bertz CT molecular complexity index is 916. The van der Waals surface area contributed by atoms with E-state index in [4.69, 9.17) is 17.0 Å². The summed E-state index contributed by atoms with van der Waals surface area (Å²) in [6, 6.07) is 7.27. The number of hydrogen-bond acceptors (Lipinski definition) is 6. The molecular weight excluding hydrogens is 400 g/mol. The van der Waals surface area contributed by atoms with Gasteiger partial charge in [0.15, 0.2) is 17.3 Å². The highest BCUT2D eigenvalue weighted by Gasteiger charge is 2.11. The fourth-order valence-electron chi connectivity index (χ4n) is 1.93. The van der Waals surface area contributed by atoms with Crippen molar-refractivity contribution in [1.82, 2.24) is 14.9 Å². The van der Waals surface area contributed by atoms with Gasteiger partial charge < -0.3 is 9.84 Å². The normalized spacial score (nSPS) is 11.2. The number of H-pyrrole nitrogens is 1. The number of aromatic hydroxyl groups is 1. The minimum absolute atomic E-state index is 0.00661. The zero-order valence-corrected chi connectivity index (χ0v) is 15.1. The lowest BCUT2D eigenvalue weighted by molar-refractivity contribution is 0.373. The lowest BCUT2D eigenvalue weighted by atomic mass is 10.2. The molecule has 1 aromatic carbocycles. The maximum Gasteiger partial charge on any atom is 0.216 e. The summed E-state index contributed by atoms with van der Waals surface area (Å²) in [4.78, 5) is 0.936. The highest BCUT2D eigenvalue weighted by atomic mass is 79.9. The second-order valence-corrected chi connectivity index (χ2v) is 6.68. The van der Waals surface area contributed by atoms with E-state index in [-0.39, 0.29) is 5.75 Å². The van der Waals surface area contributed by atoms with E-state index in [0.717, 1.165) is 9.35 Å². The van der Waals surface area contributed by atoms with E-state index in [1.165, 1.54) is 29.3 Å². The van der Waals surface area contributed by atoms with Crippen LogP contribution in [0.15, 0.2) is 39.2 Å². The van der Waals surface area contributed by atoms with Gasteiger partial charge in [0.05, 0.1) is 18.2 Å². The molecule has 0 radical (unpaired) electrons. The van der Waals surface area contributed by atoms with Gasteiger partial charge in [0, 0.05) is 10.0 Å². The Balaban J connectivity index is 2.04. The Morgan fingerprint density at radius 3 is 3.04 bits per heavy atom. The van der Waals surface area contributed by atoms with Crippen molar-refractivity contribution in [3.63, 3.8) is 0 Å². The molecule has 0 spiro atoms. The SMILES string of the molecule is COc1cc(Br)cc(/C=N\n2c(-c3cccs3)n[nH]c2=S)c1O. The number of nitrogens with one attached hydrogen (secondary N) is 1. The number of phenolic OH excluding ortho intramolecular Hbond substituents is 1. The number of nitrogens with zero attached hydrogens (tertiary/aromatic N) is 3. The van der Waals surface area contributed by atoms with Crippen LogP contribution in [-0.2, 0) is 0 Å². The Hall–Kier alpha value is -1.97. The largest absolute Gasteiger partial charge is 0.504 e. The lowest BCUT2D eigenvalue weighted by Crippen LogP contribution is -1.95. The van der Waals surface area contributed by atoms with Gasteiger partial charge in [-0.3, -0.25) is 0 Å². The summed E-state index contributed by atoms with van der Waals surface area (Å²) in [6.07, 6.45) is 1.50. The fourth-order valence-corrected chi connectivity index (χ4v) is 3.26. The van der Waals surface area contributed by atoms with Crippen molar-refractivity contribution in [1.29, 1.82) is 0 Å². The molecule has 23 heavy (non-hydrogen) atoms. The number of aromatic nitrogens is 3. The number of halogens is 1. The zero-order chi connectivity index (χ0) is 16.4. The first kappa shape index (κ1) is 15.9.